The van der Waals surface area contributed by atoms with Gasteiger partial charge >= 0.3 is 0 Å². The molecule has 0 saturated carbocycles. The van der Waals surface area contributed by atoms with Gasteiger partial charge in [-0.2, -0.15) is 0 Å². The van der Waals surface area contributed by atoms with Gasteiger partial charge in [0.15, 0.2) is 11.5 Å². The predicted molar refractivity (Wildman–Crippen MR) is 71.4 cm³/mol. The van der Waals surface area contributed by atoms with Crippen molar-refractivity contribution in [3.05, 3.63) is 23.8 Å². The molecule has 0 saturated heterocycles. The second-order valence-corrected chi connectivity index (χ2v) is 4.49. The van der Waals surface area contributed by atoms with Crippen LogP contribution in [0.15, 0.2) is 23.2 Å². The van der Waals surface area contributed by atoms with Gasteiger partial charge in [0, 0.05) is 6.54 Å². The first kappa shape index (κ1) is 12.7. The lowest BCUT2D eigenvalue weighted by molar-refractivity contribution is 0.356. The molecule has 1 heterocycles. The summed E-state index contributed by atoms with van der Waals surface area (Å²) in [6.07, 6.45) is 0. The van der Waals surface area contributed by atoms with Crippen molar-refractivity contribution in [1.29, 1.82) is 0 Å². The molecular formula is C13H19N3O2. The van der Waals surface area contributed by atoms with E-state index in [2.05, 4.69) is 15.2 Å². The molecule has 2 N–H and O–H groups in total. The molecule has 18 heavy (non-hydrogen) atoms. The van der Waals surface area contributed by atoms with Crippen molar-refractivity contribution >= 4 is 5.84 Å². The standard InChI is InChI=1S/C13H19N3O2/c1-16(2)12(13-14-6-7-15-13)9-4-5-10(17)11(8-9)18-3/h4-5,8,12,17H,6-7H2,1-3H3,(H,14,15). The Morgan fingerprint density at radius 1 is 1.44 bits per heavy atom. The second-order valence-electron chi connectivity index (χ2n) is 4.49. The summed E-state index contributed by atoms with van der Waals surface area (Å²) in [6.45, 7) is 1.70. The smallest absolute Gasteiger partial charge is 0.160 e. The topological polar surface area (TPSA) is 57.1 Å². The van der Waals surface area contributed by atoms with Gasteiger partial charge in [0.25, 0.3) is 0 Å². The maximum absolute atomic E-state index is 9.64. The minimum atomic E-state index is 0.0574. The molecule has 1 aliphatic rings. The number of nitrogens with zero attached hydrogens (tertiary/aromatic N) is 2. The number of aliphatic imine (C=N–C) groups is 1. The zero-order valence-corrected chi connectivity index (χ0v) is 11.0. The van der Waals surface area contributed by atoms with Crippen LogP contribution in [-0.4, -0.2) is 50.1 Å². The van der Waals surface area contributed by atoms with Crippen LogP contribution in [0, 0.1) is 0 Å². The van der Waals surface area contributed by atoms with Crippen molar-refractivity contribution in [2.75, 3.05) is 34.3 Å². The highest BCUT2D eigenvalue weighted by molar-refractivity contribution is 5.89. The van der Waals surface area contributed by atoms with Crippen LogP contribution in [0.25, 0.3) is 0 Å². The van der Waals surface area contributed by atoms with Gasteiger partial charge in [-0.3, -0.25) is 9.89 Å². The van der Waals surface area contributed by atoms with Crippen LogP contribution in [0.5, 0.6) is 11.5 Å². The quantitative estimate of drug-likeness (QED) is 0.836. The van der Waals surface area contributed by atoms with Crippen molar-refractivity contribution in [1.82, 2.24) is 10.2 Å². The van der Waals surface area contributed by atoms with Gasteiger partial charge in [-0.15, -0.1) is 0 Å². The molecule has 0 spiro atoms. The van der Waals surface area contributed by atoms with E-state index in [1.807, 2.05) is 26.2 Å². The largest absolute Gasteiger partial charge is 0.504 e. The summed E-state index contributed by atoms with van der Waals surface area (Å²) in [5.41, 5.74) is 1.04. The minimum Gasteiger partial charge on any atom is -0.504 e. The molecule has 0 fully saturated rings. The first-order chi connectivity index (χ1) is 8.63. The SMILES string of the molecule is COc1cc(C(C2=NCCN2)N(C)C)ccc1O. The lowest BCUT2D eigenvalue weighted by Crippen LogP contribution is -2.34. The summed E-state index contributed by atoms with van der Waals surface area (Å²) >= 11 is 0. The van der Waals surface area contributed by atoms with Crippen LogP contribution in [0.1, 0.15) is 11.6 Å². The molecule has 5 nitrogen and oxygen atoms in total. The fourth-order valence-corrected chi connectivity index (χ4v) is 2.16. The number of phenolic OH excluding ortho intramolecular Hbond substituents is 1. The Bertz CT molecular complexity index is 458. The van der Waals surface area contributed by atoms with E-state index in [1.165, 1.54) is 0 Å². The molecule has 98 valence electrons. The molecule has 0 aromatic heterocycles. The Morgan fingerprint density at radius 3 is 2.78 bits per heavy atom. The molecule has 0 aliphatic carbocycles. The van der Waals surface area contributed by atoms with Gasteiger partial charge in [-0.05, 0) is 31.8 Å². The summed E-state index contributed by atoms with van der Waals surface area (Å²) in [4.78, 5) is 6.56. The van der Waals surface area contributed by atoms with Crippen LogP contribution in [0.2, 0.25) is 0 Å². The maximum atomic E-state index is 9.64. The Balaban J connectivity index is 2.36. The molecular weight excluding hydrogens is 230 g/mol. The highest BCUT2D eigenvalue weighted by Gasteiger charge is 2.23. The highest BCUT2D eigenvalue weighted by atomic mass is 16.5. The zero-order chi connectivity index (χ0) is 13.1. The van der Waals surface area contributed by atoms with Crippen LogP contribution in [0.4, 0.5) is 0 Å². The van der Waals surface area contributed by atoms with Gasteiger partial charge in [0.1, 0.15) is 5.84 Å². The molecule has 5 heteroatoms. The number of amidine groups is 1. The zero-order valence-electron chi connectivity index (χ0n) is 11.0. The average molecular weight is 249 g/mol. The number of aromatic hydroxyl groups is 1. The van der Waals surface area contributed by atoms with Crippen LogP contribution < -0.4 is 10.1 Å². The van der Waals surface area contributed by atoms with E-state index < -0.39 is 0 Å². The van der Waals surface area contributed by atoms with Crippen molar-refractivity contribution in [3.8, 4) is 11.5 Å². The van der Waals surface area contributed by atoms with Gasteiger partial charge in [-0.25, -0.2) is 0 Å². The van der Waals surface area contributed by atoms with Crippen molar-refractivity contribution in [2.24, 2.45) is 4.99 Å². The molecule has 1 aromatic carbocycles. The van der Waals surface area contributed by atoms with E-state index in [4.69, 9.17) is 4.74 Å². The number of nitrogens with one attached hydrogen (secondary N) is 1. The Hall–Kier alpha value is -1.75. The number of likely N-dealkylation sites (N-methyl/N-ethyl adjacent to an activating group) is 1. The molecule has 1 atom stereocenters. The van der Waals surface area contributed by atoms with Crippen LogP contribution >= 0.6 is 0 Å². The first-order valence-electron chi connectivity index (χ1n) is 5.95. The number of methoxy groups -OCH3 is 1. The molecule has 0 bridgehead atoms. The molecule has 2 rings (SSSR count). The van der Waals surface area contributed by atoms with Crippen molar-refractivity contribution in [2.45, 2.75) is 6.04 Å². The van der Waals surface area contributed by atoms with Crippen molar-refractivity contribution < 1.29 is 9.84 Å². The van der Waals surface area contributed by atoms with Crippen molar-refractivity contribution in [3.63, 3.8) is 0 Å². The van der Waals surface area contributed by atoms with E-state index in [1.54, 1.807) is 13.2 Å². The Kier molecular flexibility index (Phi) is 3.72. The number of benzene rings is 1. The normalized spacial score (nSPS) is 16.3. The third-order valence-electron chi connectivity index (χ3n) is 2.99. The molecule has 0 radical (unpaired) electrons. The minimum absolute atomic E-state index is 0.0574. The summed E-state index contributed by atoms with van der Waals surface area (Å²) < 4.78 is 5.15. The molecule has 1 aromatic rings. The number of hydrogen-bond donors (Lipinski definition) is 2. The first-order valence-corrected chi connectivity index (χ1v) is 5.95. The van der Waals surface area contributed by atoms with E-state index in [0.717, 1.165) is 24.5 Å². The second kappa shape index (κ2) is 5.27. The van der Waals surface area contributed by atoms with E-state index in [9.17, 15) is 5.11 Å². The summed E-state index contributed by atoms with van der Waals surface area (Å²) in [5, 5.41) is 12.9. The fourth-order valence-electron chi connectivity index (χ4n) is 2.16. The third kappa shape index (κ3) is 2.41. The summed E-state index contributed by atoms with van der Waals surface area (Å²) in [5.74, 6) is 1.60. The Labute approximate surface area is 107 Å². The predicted octanol–water partition coefficient (Wildman–Crippen LogP) is 1.01. The summed E-state index contributed by atoms with van der Waals surface area (Å²) in [6, 6.07) is 5.45. The summed E-state index contributed by atoms with van der Waals surface area (Å²) in [7, 11) is 5.56. The number of hydrogen-bond acceptors (Lipinski definition) is 5. The monoisotopic (exact) mass is 249 g/mol. The van der Waals surface area contributed by atoms with Gasteiger partial charge in [0.2, 0.25) is 0 Å². The highest BCUT2D eigenvalue weighted by Crippen LogP contribution is 2.31. The molecule has 0 amide bonds. The number of rotatable bonds is 4. The number of phenols is 1. The lowest BCUT2D eigenvalue weighted by atomic mass is 10.0. The molecule has 1 aliphatic heterocycles. The molecule has 1 unspecified atom stereocenters. The lowest BCUT2D eigenvalue weighted by Gasteiger charge is -2.25. The Morgan fingerprint density at radius 2 is 2.22 bits per heavy atom. The average Bonchev–Trinajstić information content (AvgIpc) is 2.84. The maximum Gasteiger partial charge on any atom is 0.160 e. The van der Waals surface area contributed by atoms with Gasteiger partial charge in [-0.1, -0.05) is 6.07 Å². The van der Waals surface area contributed by atoms with E-state index >= 15 is 0 Å². The third-order valence-corrected chi connectivity index (χ3v) is 2.99. The van der Waals surface area contributed by atoms with E-state index in [0.29, 0.717) is 5.75 Å². The van der Waals surface area contributed by atoms with Crippen LogP contribution in [0.3, 0.4) is 0 Å². The van der Waals surface area contributed by atoms with Gasteiger partial charge in [0.05, 0.1) is 19.7 Å². The fraction of sp³-hybridized carbons (Fsp3) is 0.462. The number of ether oxygens (including phenoxy) is 1. The van der Waals surface area contributed by atoms with Gasteiger partial charge < -0.3 is 15.2 Å². The van der Waals surface area contributed by atoms with Crippen LogP contribution in [-0.2, 0) is 0 Å². The van der Waals surface area contributed by atoms with E-state index in [-0.39, 0.29) is 11.8 Å².